The molecule has 2 rings (SSSR count). The highest BCUT2D eigenvalue weighted by Crippen LogP contribution is 2.25. The number of phenols is 1. The second-order valence-electron chi connectivity index (χ2n) is 6.55. The van der Waals surface area contributed by atoms with Gasteiger partial charge in [0.05, 0.1) is 6.61 Å². The lowest BCUT2D eigenvalue weighted by atomic mass is 10.0. The summed E-state index contributed by atoms with van der Waals surface area (Å²) in [5.74, 6) is 1.29. The van der Waals surface area contributed by atoms with Crippen molar-refractivity contribution in [3.63, 3.8) is 0 Å². The molecule has 0 spiro atoms. The van der Waals surface area contributed by atoms with Crippen LogP contribution in [0.5, 0.6) is 11.5 Å². The third-order valence-corrected chi connectivity index (χ3v) is 4.41. The Morgan fingerprint density at radius 3 is 1.56 bits per heavy atom. The highest BCUT2D eigenvalue weighted by Gasteiger charge is 2.08. The number of hydrogen-bond acceptors (Lipinski definition) is 4. The number of carbonyl (C=O) groups is 2. The van der Waals surface area contributed by atoms with E-state index in [0.717, 1.165) is 38.9 Å². The number of hydrogen-bond donors (Lipinski definition) is 1. The molecule has 0 amide bonds. The molecule has 0 saturated carbocycles. The van der Waals surface area contributed by atoms with Crippen LogP contribution < -0.4 is 4.74 Å². The molecule has 27 heavy (non-hydrogen) atoms. The van der Waals surface area contributed by atoms with Crippen LogP contribution in [0.4, 0.5) is 0 Å². The summed E-state index contributed by atoms with van der Waals surface area (Å²) < 4.78 is 5.59. The first-order valence-electron chi connectivity index (χ1n) is 8.70. The van der Waals surface area contributed by atoms with Gasteiger partial charge in [-0.25, -0.2) is 0 Å². The smallest absolute Gasteiger partial charge is 0.159 e. The number of benzene rings is 2. The van der Waals surface area contributed by atoms with E-state index in [1.54, 1.807) is 32.9 Å². The van der Waals surface area contributed by atoms with Gasteiger partial charge in [0.25, 0.3) is 0 Å². The molecule has 0 aromatic heterocycles. The Bertz CT molecular complexity index is 794. The van der Waals surface area contributed by atoms with Crippen molar-refractivity contribution in [1.82, 2.24) is 0 Å². The highest BCUT2D eigenvalue weighted by atomic mass is 79.9. The van der Waals surface area contributed by atoms with Crippen LogP contribution in [0.2, 0.25) is 0 Å². The molecule has 1 N–H and O–H groups in total. The van der Waals surface area contributed by atoms with Gasteiger partial charge in [0.15, 0.2) is 11.6 Å². The monoisotopic (exact) mass is 434 g/mol. The van der Waals surface area contributed by atoms with Gasteiger partial charge in [0, 0.05) is 16.5 Å². The van der Waals surface area contributed by atoms with Gasteiger partial charge in [-0.1, -0.05) is 15.9 Å². The quantitative estimate of drug-likeness (QED) is 0.498. The predicted octanol–water partition coefficient (Wildman–Crippen LogP) is 5.49. The van der Waals surface area contributed by atoms with E-state index in [0.29, 0.717) is 12.2 Å². The largest absolute Gasteiger partial charge is 0.507 e. The van der Waals surface area contributed by atoms with Gasteiger partial charge in [-0.3, -0.25) is 9.59 Å². The number of aryl methyl sites for hydroxylation is 4. The van der Waals surface area contributed by atoms with E-state index < -0.39 is 0 Å². The SMILES string of the molecule is CC(=O)c1cc(C)c(O)c(C)c1.CC(=O)c1cc(C)c(OCCBr)c(C)c1. The van der Waals surface area contributed by atoms with Gasteiger partial charge in [-0.05, 0) is 88.1 Å². The van der Waals surface area contributed by atoms with E-state index in [4.69, 9.17) is 4.74 Å². The van der Waals surface area contributed by atoms with Gasteiger partial charge in [-0.15, -0.1) is 0 Å². The summed E-state index contributed by atoms with van der Waals surface area (Å²) in [7, 11) is 0. The minimum Gasteiger partial charge on any atom is -0.507 e. The number of ketones is 2. The third kappa shape index (κ3) is 6.51. The Morgan fingerprint density at radius 2 is 1.22 bits per heavy atom. The fourth-order valence-corrected chi connectivity index (χ4v) is 2.84. The maximum Gasteiger partial charge on any atom is 0.159 e. The molecular weight excluding hydrogens is 408 g/mol. The Morgan fingerprint density at radius 1 is 0.852 bits per heavy atom. The van der Waals surface area contributed by atoms with Crippen molar-refractivity contribution >= 4 is 27.5 Å². The lowest BCUT2D eigenvalue weighted by molar-refractivity contribution is 0.100. The summed E-state index contributed by atoms with van der Waals surface area (Å²) in [4.78, 5) is 22.2. The zero-order chi connectivity index (χ0) is 20.7. The van der Waals surface area contributed by atoms with E-state index in [-0.39, 0.29) is 17.3 Å². The number of Topliss-reactive ketones (excluding diaryl/α,β-unsaturated/α-hetero) is 2. The lowest BCUT2D eigenvalue weighted by Crippen LogP contribution is -2.03. The van der Waals surface area contributed by atoms with Crippen molar-refractivity contribution in [3.8, 4) is 11.5 Å². The van der Waals surface area contributed by atoms with E-state index in [1.165, 1.54) is 6.92 Å². The molecule has 2 aromatic carbocycles. The molecule has 4 nitrogen and oxygen atoms in total. The van der Waals surface area contributed by atoms with Crippen LogP contribution in [-0.4, -0.2) is 28.6 Å². The number of carbonyl (C=O) groups excluding carboxylic acids is 2. The van der Waals surface area contributed by atoms with Crippen molar-refractivity contribution in [2.75, 3.05) is 11.9 Å². The number of ether oxygens (including phenoxy) is 1. The summed E-state index contributed by atoms with van der Waals surface area (Å²) in [5.41, 5.74) is 4.93. The van der Waals surface area contributed by atoms with Crippen LogP contribution in [0.3, 0.4) is 0 Å². The van der Waals surface area contributed by atoms with E-state index >= 15 is 0 Å². The first kappa shape index (κ1) is 22.9. The van der Waals surface area contributed by atoms with Crippen molar-refractivity contribution in [2.24, 2.45) is 0 Å². The topological polar surface area (TPSA) is 63.6 Å². The molecule has 0 aliphatic heterocycles. The minimum absolute atomic E-state index is 0.0289. The van der Waals surface area contributed by atoms with E-state index in [2.05, 4.69) is 15.9 Å². The predicted molar refractivity (Wildman–Crippen MR) is 113 cm³/mol. The summed E-state index contributed by atoms with van der Waals surface area (Å²) >= 11 is 3.31. The highest BCUT2D eigenvalue weighted by molar-refractivity contribution is 9.09. The van der Waals surface area contributed by atoms with E-state index in [9.17, 15) is 14.7 Å². The van der Waals surface area contributed by atoms with Crippen molar-refractivity contribution in [3.05, 3.63) is 57.6 Å². The van der Waals surface area contributed by atoms with Crippen LogP contribution >= 0.6 is 15.9 Å². The van der Waals surface area contributed by atoms with Gasteiger partial charge < -0.3 is 9.84 Å². The first-order chi connectivity index (χ1) is 12.6. The molecule has 0 unspecified atom stereocenters. The summed E-state index contributed by atoms with van der Waals surface area (Å²) in [6.07, 6.45) is 0. The number of rotatable bonds is 5. The van der Waals surface area contributed by atoms with Crippen molar-refractivity contribution in [1.29, 1.82) is 0 Å². The minimum atomic E-state index is 0.0289. The van der Waals surface area contributed by atoms with Gasteiger partial charge in [0.2, 0.25) is 0 Å². The zero-order valence-corrected chi connectivity index (χ0v) is 18.4. The zero-order valence-electron chi connectivity index (χ0n) is 16.8. The van der Waals surface area contributed by atoms with Gasteiger partial charge in [0.1, 0.15) is 11.5 Å². The molecule has 5 heteroatoms. The Balaban J connectivity index is 0.000000277. The van der Waals surface area contributed by atoms with Crippen molar-refractivity contribution in [2.45, 2.75) is 41.5 Å². The third-order valence-electron chi connectivity index (χ3n) is 4.09. The number of phenolic OH excluding ortho intramolecular Hbond substituents is 1. The molecule has 146 valence electrons. The van der Waals surface area contributed by atoms with Crippen molar-refractivity contribution < 1.29 is 19.4 Å². The average molecular weight is 435 g/mol. The molecule has 0 saturated heterocycles. The Kier molecular flexibility index (Phi) is 8.70. The number of alkyl halides is 1. The summed E-state index contributed by atoms with van der Waals surface area (Å²) in [5, 5.41) is 10.2. The van der Waals surface area contributed by atoms with Crippen LogP contribution in [0.25, 0.3) is 0 Å². The van der Waals surface area contributed by atoms with Crippen LogP contribution in [0, 0.1) is 27.7 Å². The number of halogens is 1. The summed E-state index contributed by atoms with van der Waals surface area (Å²) in [6, 6.07) is 7.15. The molecule has 0 atom stereocenters. The summed E-state index contributed by atoms with van der Waals surface area (Å²) in [6.45, 7) is 11.2. The Hall–Kier alpha value is -2.14. The first-order valence-corrected chi connectivity index (χ1v) is 9.82. The Labute approximate surface area is 169 Å². The molecule has 0 aliphatic carbocycles. The second-order valence-corrected chi connectivity index (χ2v) is 7.34. The van der Waals surface area contributed by atoms with E-state index in [1.807, 2.05) is 26.0 Å². The molecule has 0 aliphatic rings. The number of aromatic hydroxyl groups is 1. The maximum absolute atomic E-state index is 11.2. The van der Waals surface area contributed by atoms with Crippen LogP contribution in [0.15, 0.2) is 24.3 Å². The molecule has 2 aromatic rings. The average Bonchev–Trinajstić information content (AvgIpc) is 2.58. The standard InChI is InChI=1S/C12H15BrO2.C10H12O2/c1-8-6-11(10(3)14)7-9(2)12(8)15-5-4-13;1-6-4-9(8(3)11)5-7(2)10(6)12/h6-7H,4-5H2,1-3H3;4-5,12H,1-3H3. The normalized spacial score (nSPS) is 10.0. The maximum atomic E-state index is 11.2. The van der Waals surface area contributed by atoms with Crippen LogP contribution in [-0.2, 0) is 0 Å². The molecular formula is C22H27BrO4. The molecule has 0 fully saturated rings. The van der Waals surface area contributed by atoms with Crippen LogP contribution in [0.1, 0.15) is 56.8 Å². The molecule has 0 heterocycles. The second kappa shape index (κ2) is 10.3. The molecule has 0 bridgehead atoms. The van der Waals surface area contributed by atoms with Gasteiger partial charge >= 0.3 is 0 Å². The lowest BCUT2D eigenvalue weighted by Gasteiger charge is -2.12. The van der Waals surface area contributed by atoms with Gasteiger partial charge in [-0.2, -0.15) is 0 Å². The molecule has 0 radical (unpaired) electrons. The fraction of sp³-hybridized carbons (Fsp3) is 0.364. The fourth-order valence-electron chi connectivity index (χ4n) is 2.68.